The SMILES string of the molecule is COCCCCNc1ccc(S(C)(=O)=O)cc1N. The molecular weight excluding hydrogens is 252 g/mol. The van der Waals surface area contributed by atoms with Crippen molar-refractivity contribution in [3.05, 3.63) is 18.2 Å². The van der Waals surface area contributed by atoms with Gasteiger partial charge in [0, 0.05) is 26.5 Å². The van der Waals surface area contributed by atoms with E-state index in [-0.39, 0.29) is 4.90 Å². The molecule has 0 atom stereocenters. The highest BCUT2D eigenvalue weighted by Crippen LogP contribution is 2.22. The van der Waals surface area contributed by atoms with Crippen LogP contribution in [0.3, 0.4) is 0 Å². The van der Waals surface area contributed by atoms with Gasteiger partial charge in [0.2, 0.25) is 0 Å². The van der Waals surface area contributed by atoms with Gasteiger partial charge in [0.25, 0.3) is 0 Å². The summed E-state index contributed by atoms with van der Waals surface area (Å²) in [5.41, 5.74) is 7.02. The Morgan fingerprint density at radius 2 is 2.06 bits per heavy atom. The summed E-state index contributed by atoms with van der Waals surface area (Å²) in [6.45, 7) is 1.52. The average Bonchev–Trinajstić information content (AvgIpc) is 2.29. The van der Waals surface area contributed by atoms with E-state index < -0.39 is 9.84 Å². The number of nitrogen functional groups attached to an aromatic ring is 1. The van der Waals surface area contributed by atoms with Gasteiger partial charge in [0.1, 0.15) is 0 Å². The van der Waals surface area contributed by atoms with E-state index >= 15 is 0 Å². The van der Waals surface area contributed by atoms with Crippen LogP contribution >= 0.6 is 0 Å². The average molecular weight is 272 g/mol. The molecule has 0 spiro atoms. The van der Waals surface area contributed by atoms with Crippen LogP contribution in [0, 0.1) is 0 Å². The molecule has 0 aliphatic heterocycles. The molecule has 0 fully saturated rings. The summed E-state index contributed by atoms with van der Waals surface area (Å²) >= 11 is 0. The van der Waals surface area contributed by atoms with Gasteiger partial charge in [-0.15, -0.1) is 0 Å². The van der Waals surface area contributed by atoms with Crippen molar-refractivity contribution in [2.24, 2.45) is 0 Å². The number of methoxy groups -OCH3 is 1. The van der Waals surface area contributed by atoms with Gasteiger partial charge in [-0.2, -0.15) is 0 Å². The summed E-state index contributed by atoms with van der Waals surface area (Å²) in [7, 11) is -1.52. The lowest BCUT2D eigenvalue weighted by atomic mass is 10.2. The number of ether oxygens (including phenoxy) is 1. The smallest absolute Gasteiger partial charge is 0.175 e. The number of benzene rings is 1. The summed E-state index contributed by atoms with van der Waals surface area (Å²) < 4.78 is 27.6. The standard InChI is InChI=1S/C12H20N2O3S/c1-17-8-4-3-7-14-12-6-5-10(9-11(12)13)18(2,15)16/h5-6,9,14H,3-4,7-8,13H2,1-2H3. The normalized spacial score (nSPS) is 11.4. The highest BCUT2D eigenvalue weighted by atomic mass is 32.2. The number of hydrogen-bond donors (Lipinski definition) is 2. The molecule has 0 saturated heterocycles. The number of nitrogens with two attached hydrogens (primary N) is 1. The van der Waals surface area contributed by atoms with Gasteiger partial charge >= 0.3 is 0 Å². The van der Waals surface area contributed by atoms with Crippen molar-refractivity contribution in [1.82, 2.24) is 0 Å². The molecule has 18 heavy (non-hydrogen) atoms. The van der Waals surface area contributed by atoms with Crippen molar-refractivity contribution >= 4 is 21.2 Å². The van der Waals surface area contributed by atoms with Gasteiger partial charge in [0.15, 0.2) is 9.84 Å². The molecule has 3 N–H and O–H groups in total. The van der Waals surface area contributed by atoms with Crippen LogP contribution in [0.1, 0.15) is 12.8 Å². The summed E-state index contributed by atoms with van der Waals surface area (Å²) in [4.78, 5) is 0.241. The van der Waals surface area contributed by atoms with Crippen LogP contribution in [0.5, 0.6) is 0 Å². The maximum atomic E-state index is 11.3. The maximum Gasteiger partial charge on any atom is 0.175 e. The lowest BCUT2D eigenvalue weighted by Gasteiger charge is -2.10. The Morgan fingerprint density at radius 1 is 1.33 bits per heavy atom. The van der Waals surface area contributed by atoms with E-state index in [1.807, 2.05) is 0 Å². The summed E-state index contributed by atoms with van der Waals surface area (Å²) in [6.07, 6.45) is 3.12. The van der Waals surface area contributed by atoms with Gasteiger partial charge in [0.05, 0.1) is 16.3 Å². The lowest BCUT2D eigenvalue weighted by Crippen LogP contribution is -2.06. The molecule has 0 aliphatic rings. The van der Waals surface area contributed by atoms with Gasteiger partial charge in [-0.05, 0) is 31.0 Å². The summed E-state index contributed by atoms with van der Waals surface area (Å²) in [5, 5.41) is 3.18. The van der Waals surface area contributed by atoms with Crippen molar-refractivity contribution in [2.75, 3.05) is 37.6 Å². The minimum atomic E-state index is -3.20. The Bertz CT molecular complexity index is 486. The Balaban J connectivity index is 2.58. The molecule has 0 heterocycles. The number of unbranched alkanes of at least 4 members (excludes halogenated alkanes) is 1. The first-order valence-electron chi connectivity index (χ1n) is 5.77. The zero-order chi connectivity index (χ0) is 13.6. The maximum absolute atomic E-state index is 11.3. The van der Waals surface area contributed by atoms with E-state index in [0.717, 1.165) is 31.7 Å². The van der Waals surface area contributed by atoms with Crippen LogP contribution < -0.4 is 11.1 Å². The van der Waals surface area contributed by atoms with Crippen molar-refractivity contribution in [2.45, 2.75) is 17.7 Å². The van der Waals surface area contributed by atoms with Gasteiger partial charge in [-0.3, -0.25) is 0 Å². The second-order valence-corrected chi connectivity index (χ2v) is 6.16. The molecule has 0 radical (unpaired) electrons. The van der Waals surface area contributed by atoms with E-state index in [9.17, 15) is 8.42 Å². The number of hydrogen-bond acceptors (Lipinski definition) is 5. The van der Waals surface area contributed by atoms with Crippen LogP contribution in [0.15, 0.2) is 23.1 Å². The monoisotopic (exact) mass is 272 g/mol. The third kappa shape index (κ3) is 4.54. The quantitative estimate of drug-likeness (QED) is 0.581. The van der Waals surface area contributed by atoms with Crippen LogP contribution in [0.2, 0.25) is 0 Å². The molecule has 0 aliphatic carbocycles. The highest BCUT2D eigenvalue weighted by molar-refractivity contribution is 7.90. The highest BCUT2D eigenvalue weighted by Gasteiger charge is 2.08. The molecular formula is C12H20N2O3S. The summed E-state index contributed by atoms with van der Waals surface area (Å²) in [5.74, 6) is 0. The van der Waals surface area contributed by atoms with Crippen LogP contribution in [-0.4, -0.2) is 34.9 Å². The van der Waals surface area contributed by atoms with E-state index in [1.54, 1.807) is 19.2 Å². The Morgan fingerprint density at radius 3 is 2.61 bits per heavy atom. The Hall–Kier alpha value is -1.27. The molecule has 0 unspecified atom stereocenters. The molecule has 0 saturated carbocycles. The molecule has 5 nitrogen and oxygen atoms in total. The fraction of sp³-hybridized carbons (Fsp3) is 0.500. The molecule has 0 amide bonds. The fourth-order valence-electron chi connectivity index (χ4n) is 1.53. The molecule has 0 aromatic heterocycles. The lowest BCUT2D eigenvalue weighted by molar-refractivity contribution is 0.194. The number of nitrogens with one attached hydrogen (secondary N) is 1. The molecule has 1 aromatic carbocycles. The molecule has 0 bridgehead atoms. The van der Waals surface area contributed by atoms with Crippen LogP contribution in [0.25, 0.3) is 0 Å². The number of rotatable bonds is 7. The predicted molar refractivity (Wildman–Crippen MR) is 73.6 cm³/mol. The first-order valence-corrected chi connectivity index (χ1v) is 7.66. The topological polar surface area (TPSA) is 81.4 Å². The van der Waals surface area contributed by atoms with Crippen LogP contribution in [0.4, 0.5) is 11.4 Å². The number of anilines is 2. The minimum absolute atomic E-state index is 0.241. The van der Waals surface area contributed by atoms with Gasteiger partial charge < -0.3 is 15.8 Å². The zero-order valence-electron chi connectivity index (χ0n) is 10.8. The predicted octanol–water partition coefficient (Wildman–Crippen LogP) is 1.51. The van der Waals surface area contributed by atoms with Crippen LogP contribution in [-0.2, 0) is 14.6 Å². The Kier molecular flexibility index (Phi) is 5.43. The third-order valence-electron chi connectivity index (χ3n) is 2.54. The van der Waals surface area contributed by atoms with E-state index in [2.05, 4.69) is 5.32 Å². The Labute approximate surface area is 108 Å². The number of sulfone groups is 1. The van der Waals surface area contributed by atoms with E-state index in [4.69, 9.17) is 10.5 Å². The van der Waals surface area contributed by atoms with E-state index in [0.29, 0.717) is 5.69 Å². The molecule has 1 aromatic rings. The van der Waals surface area contributed by atoms with E-state index in [1.165, 1.54) is 12.3 Å². The molecule has 6 heteroatoms. The van der Waals surface area contributed by atoms with Crippen molar-refractivity contribution < 1.29 is 13.2 Å². The van der Waals surface area contributed by atoms with Gasteiger partial charge in [-0.25, -0.2) is 8.42 Å². The van der Waals surface area contributed by atoms with Crippen molar-refractivity contribution in [3.63, 3.8) is 0 Å². The summed E-state index contributed by atoms with van der Waals surface area (Å²) in [6, 6.07) is 4.73. The minimum Gasteiger partial charge on any atom is -0.397 e. The fourth-order valence-corrected chi connectivity index (χ4v) is 2.18. The van der Waals surface area contributed by atoms with Gasteiger partial charge in [-0.1, -0.05) is 0 Å². The third-order valence-corrected chi connectivity index (χ3v) is 3.65. The van der Waals surface area contributed by atoms with Crippen molar-refractivity contribution in [3.8, 4) is 0 Å². The zero-order valence-corrected chi connectivity index (χ0v) is 11.6. The largest absolute Gasteiger partial charge is 0.397 e. The van der Waals surface area contributed by atoms with Crippen molar-refractivity contribution in [1.29, 1.82) is 0 Å². The first kappa shape index (κ1) is 14.8. The molecule has 102 valence electrons. The second-order valence-electron chi connectivity index (χ2n) is 4.15. The molecule has 1 rings (SSSR count). The first-order chi connectivity index (χ1) is 8.45. The second kappa shape index (κ2) is 6.61.